The lowest BCUT2D eigenvalue weighted by molar-refractivity contribution is -0.140. The van der Waals surface area contributed by atoms with Crippen LogP contribution in [0.15, 0.2) is 46.5 Å². The second-order valence-electron chi connectivity index (χ2n) is 4.17. The van der Waals surface area contributed by atoms with Gasteiger partial charge in [0.2, 0.25) is 0 Å². The molecule has 1 aromatic carbocycles. The van der Waals surface area contributed by atoms with Crippen molar-refractivity contribution in [1.29, 1.82) is 0 Å². The van der Waals surface area contributed by atoms with Crippen LogP contribution in [0, 0.1) is 0 Å². The van der Waals surface area contributed by atoms with Gasteiger partial charge in [-0.05, 0) is 31.6 Å². The Labute approximate surface area is 112 Å². The summed E-state index contributed by atoms with van der Waals surface area (Å²) in [6.45, 7) is 3.85. The van der Waals surface area contributed by atoms with Crippen molar-refractivity contribution in [2.24, 2.45) is 0 Å². The van der Waals surface area contributed by atoms with Gasteiger partial charge >= 0.3 is 5.97 Å². The third-order valence-electron chi connectivity index (χ3n) is 2.83. The monoisotopic (exact) mass is 281 g/mol. The molecule has 0 radical (unpaired) electrons. The van der Waals surface area contributed by atoms with Gasteiger partial charge in [0.25, 0.3) is 10.0 Å². The SMILES string of the molecule is CCOC(=O)C1=C(C)CN1S(=O)(=O)c1ccccc1. The number of esters is 1. The van der Waals surface area contributed by atoms with Crippen molar-refractivity contribution in [2.45, 2.75) is 18.7 Å². The van der Waals surface area contributed by atoms with E-state index in [0.717, 1.165) is 9.88 Å². The van der Waals surface area contributed by atoms with Gasteiger partial charge in [0, 0.05) is 0 Å². The first-order valence-electron chi connectivity index (χ1n) is 5.93. The first-order valence-corrected chi connectivity index (χ1v) is 7.37. The molecule has 0 amide bonds. The van der Waals surface area contributed by atoms with Gasteiger partial charge in [-0.15, -0.1) is 0 Å². The van der Waals surface area contributed by atoms with Crippen molar-refractivity contribution in [3.05, 3.63) is 41.6 Å². The molecule has 0 atom stereocenters. The molecule has 1 aliphatic heterocycles. The molecule has 0 saturated heterocycles. The largest absolute Gasteiger partial charge is 0.461 e. The van der Waals surface area contributed by atoms with E-state index in [4.69, 9.17) is 4.74 Å². The molecule has 0 spiro atoms. The minimum absolute atomic E-state index is 0.130. The Balaban J connectivity index is 2.32. The maximum Gasteiger partial charge on any atom is 0.355 e. The van der Waals surface area contributed by atoms with Crippen molar-refractivity contribution >= 4 is 16.0 Å². The summed E-state index contributed by atoms with van der Waals surface area (Å²) < 4.78 is 30.7. The summed E-state index contributed by atoms with van der Waals surface area (Å²) in [7, 11) is -3.67. The van der Waals surface area contributed by atoms with Crippen molar-refractivity contribution in [1.82, 2.24) is 4.31 Å². The fourth-order valence-electron chi connectivity index (χ4n) is 1.89. The Bertz CT molecular complexity index is 619. The van der Waals surface area contributed by atoms with E-state index in [1.54, 1.807) is 32.0 Å². The number of rotatable bonds is 4. The van der Waals surface area contributed by atoms with E-state index < -0.39 is 16.0 Å². The lowest BCUT2D eigenvalue weighted by Gasteiger charge is -2.34. The van der Waals surface area contributed by atoms with E-state index in [0.29, 0.717) is 0 Å². The summed E-state index contributed by atoms with van der Waals surface area (Å²) in [5.74, 6) is -0.592. The first kappa shape index (κ1) is 13.6. The number of hydrogen-bond acceptors (Lipinski definition) is 4. The zero-order chi connectivity index (χ0) is 14.0. The number of carbonyl (C=O) groups is 1. The van der Waals surface area contributed by atoms with Crippen LogP contribution in [-0.2, 0) is 19.6 Å². The summed E-state index contributed by atoms with van der Waals surface area (Å²) in [6, 6.07) is 8.04. The zero-order valence-electron chi connectivity index (χ0n) is 10.8. The van der Waals surface area contributed by atoms with Gasteiger partial charge in [-0.25, -0.2) is 13.2 Å². The number of hydrogen-bond donors (Lipinski definition) is 0. The molecule has 0 unspecified atom stereocenters. The summed E-state index contributed by atoms with van der Waals surface area (Å²) in [5, 5.41) is 0. The topological polar surface area (TPSA) is 63.7 Å². The van der Waals surface area contributed by atoms with Crippen LogP contribution in [0.25, 0.3) is 0 Å². The molecule has 6 heteroatoms. The van der Waals surface area contributed by atoms with Gasteiger partial charge in [0.05, 0.1) is 18.0 Å². The van der Waals surface area contributed by atoms with E-state index in [9.17, 15) is 13.2 Å². The van der Waals surface area contributed by atoms with Crippen molar-refractivity contribution < 1.29 is 17.9 Å². The summed E-state index contributed by atoms with van der Waals surface area (Å²) >= 11 is 0. The molecule has 0 saturated carbocycles. The Hall–Kier alpha value is -1.82. The van der Waals surface area contributed by atoms with Crippen LogP contribution in [0.1, 0.15) is 13.8 Å². The number of carbonyl (C=O) groups excluding carboxylic acids is 1. The fraction of sp³-hybridized carbons (Fsp3) is 0.308. The van der Waals surface area contributed by atoms with Crippen LogP contribution in [0.5, 0.6) is 0 Å². The van der Waals surface area contributed by atoms with Crippen LogP contribution < -0.4 is 0 Å². The van der Waals surface area contributed by atoms with Gasteiger partial charge in [-0.2, -0.15) is 0 Å². The third kappa shape index (κ3) is 2.35. The average molecular weight is 281 g/mol. The molecule has 0 aromatic heterocycles. The molecule has 2 rings (SSSR count). The Kier molecular flexibility index (Phi) is 3.61. The number of benzene rings is 1. The Morgan fingerprint density at radius 1 is 1.32 bits per heavy atom. The molecule has 5 nitrogen and oxygen atoms in total. The van der Waals surface area contributed by atoms with Crippen LogP contribution >= 0.6 is 0 Å². The molecule has 102 valence electrons. The van der Waals surface area contributed by atoms with Crippen molar-refractivity contribution in [2.75, 3.05) is 13.2 Å². The highest BCUT2D eigenvalue weighted by atomic mass is 32.2. The summed E-state index contributed by atoms with van der Waals surface area (Å²) in [6.07, 6.45) is 0. The van der Waals surface area contributed by atoms with E-state index in [1.165, 1.54) is 12.1 Å². The molecular formula is C13H15NO4S. The van der Waals surface area contributed by atoms with Gasteiger partial charge in [-0.1, -0.05) is 18.2 Å². The second-order valence-corrected chi connectivity index (χ2v) is 6.04. The fourth-order valence-corrected chi connectivity index (χ4v) is 3.48. The van der Waals surface area contributed by atoms with E-state index in [2.05, 4.69) is 0 Å². The molecule has 1 aliphatic rings. The molecule has 1 heterocycles. The van der Waals surface area contributed by atoms with Gasteiger partial charge < -0.3 is 4.74 Å². The molecule has 0 fully saturated rings. The van der Waals surface area contributed by atoms with E-state index in [-0.39, 0.29) is 23.7 Å². The maximum absolute atomic E-state index is 12.4. The molecule has 1 aromatic rings. The van der Waals surface area contributed by atoms with Gasteiger partial charge in [-0.3, -0.25) is 4.31 Å². The van der Waals surface area contributed by atoms with Crippen LogP contribution in [0.4, 0.5) is 0 Å². The molecule has 19 heavy (non-hydrogen) atoms. The Morgan fingerprint density at radius 3 is 2.47 bits per heavy atom. The lowest BCUT2D eigenvalue weighted by atomic mass is 10.1. The molecule has 0 N–H and O–H groups in total. The average Bonchev–Trinajstić information content (AvgIpc) is 2.37. The van der Waals surface area contributed by atoms with E-state index >= 15 is 0 Å². The summed E-state index contributed by atoms with van der Waals surface area (Å²) in [5.41, 5.74) is 0.851. The molecular weight excluding hydrogens is 266 g/mol. The first-order chi connectivity index (χ1) is 8.98. The molecule has 0 bridgehead atoms. The van der Waals surface area contributed by atoms with Crippen molar-refractivity contribution in [3.8, 4) is 0 Å². The normalized spacial score (nSPS) is 15.2. The highest BCUT2D eigenvalue weighted by molar-refractivity contribution is 7.89. The van der Waals surface area contributed by atoms with Crippen LogP contribution in [-0.4, -0.2) is 31.8 Å². The standard InChI is InChI=1S/C13H15NO4S/c1-3-18-13(15)12-10(2)9-14(12)19(16,17)11-7-5-4-6-8-11/h4-8H,3,9H2,1-2H3. The minimum atomic E-state index is -3.67. The highest BCUT2D eigenvalue weighted by Crippen LogP contribution is 2.31. The van der Waals surface area contributed by atoms with Crippen LogP contribution in [0.2, 0.25) is 0 Å². The van der Waals surface area contributed by atoms with Gasteiger partial charge in [0.1, 0.15) is 5.70 Å². The quantitative estimate of drug-likeness (QED) is 0.785. The number of sulfonamides is 1. The van der Waals surface area contributed by atoms with Gasteiger partial charge in [0.15, 0.2) is 0 Å². The second kappa shape index (κ2) is 5.05. The number of ether oxygens (including phenoxy) is 1. The predicted molar refractivity (Wildman–Crippen MR) is 69.7 cm³/mol. The predicted octanol–water partition coefficient (Wildman–Crippen LogP) is 1.53. The van der Waals surface area contributed by atoms with Crippen molar-refractivity contribution in [3.63, 3.8) is 0 Å². The van der Waals surface area contributed by atoms with E-state index in [1.807, 2.05) is 0 Å². The third-order valence-corrected chi connectivity index (χ3v) is 4.59. The highest BCUT2D eigenvalue weighted by Gasteiger charge is 2.39. The molecule has 0 aliphatic carbocycles. The summed E-state index contributed by atoms with van der Waals surface area (Å²) in [4.78, 5) is 11.9. The zero-order valence-corrected chi connectivity index (χ0v) is 11.6. The Morgan fingerprint density at radius 2 is 1.95 bits per heavy atom. The smallest absolute Gasteiger partial charge is 0.355 e. The maximum atomic E-state index is 12.4. The lowest BCUT2D eigenvalue weighted by Crippen LogP contribution is -2.44. The van der Waals surface area contributed by atoms with Crippen LogP contribution in [0.3, 0.4) is 0 Å². The number of nitrogens with zero attached hydrogens (tertiary/aromatic N) is 1. The minimum Gasteiger partial charge on any atom is -0.461 e.